The summed E-state index contributed by atoms with van der Waals surface area (Å²) in [6, 6.07) is 11.8. The number of benzene rings is 1. The van der Waals surface area contributed by atoms with Gasteiger partial charge >= 0.3 is 0 Å². The first-order valence-corrected chi connectivity index (χ1v) is 9.04. The highest BCUT2D eigenvalue weighted by atomic mass is 16.5. The average Bonchev–Trinajstić information content (AvgIpc) is 3.18. The Balaban J connectivity index is 1.61. The third kappa shape index (κ3) is 4.63. The van der Waals surface area contributed by atoms with Crippen LogP contribution in [0.25, 0.3) is 0 Å². The Bertz CT molecular complexity index is 663. The highest BCUT2D eigenvalue weighted by Gasteiger charge is 2.28. The van der Waals surface area contributed by atoms with Gasteiger partial charge in [-0.1, -0.05) is 18.2 Å². The zero-order valence-corrected chi connectivity index (χ0v) is 14.8. The zero-order chi connectivity index (χ0) is 17.5. The maximum absolute atomic E-state index is 12.4. The molecule has 0 radical (unpaired) electrons. The maximum atomic E-state index is 12.4. The minimum Gasteiger partial charge on any atom is -0.496 e. The lowest BCUT2D eigenvalue weighted by Gasteiger charge is -2.30. The lowest BCUT2D eigenvalue weighted by atomic mass is 10.1. The maximum Gasteiger partial charge on any atom is 0.224 e. The molecule has 1 amide bonds. The number of piperidine rings is 1. The van der Waals surface area contributed by atoms with Crippen molar-refractivity contribution in [1.82, 2.24) is 5.32 Å². The van der Waals surface area contributed by atoms with E-state index in [1.54, 1.807) is 13.4 Å². The van der Waals surface area contributed by atoms with Gasteiger partial charge in [0.2, 0.25) is 5.91 Å². The molecule has 1 saturated heterocycles. The second-order valence-corrected chi connectivity index (χ2v) is 6.58. The summed E-state index contributed by atoms with van der Waals surface area (Å²) in [7, 11) is 1.63. The Labute approximate surface area is 149 Å². The number of para-hydroxylation sites is 1. The largest absolute Gasteiger partial charge is 0.496 e. The molecule has 5 heteroatoms. The molecule has 2 aromatic rings. The molecule has 3 rings (SSSR count). The van der Waals surface area contributed by atoms with Crippen molar-refractivity contribution in [2.24, 2.45) is 0 Å². The lowest BCUT2D eigenvalue weighted by Crippen LogP contribution is -3.13. The first kappa shape index (κ1) is 17.5. The van der Waals surface area contributed by atoms with E-state index in [0.29, 0.717) is 13.0 Å². The second-order valence-electron chi connectivity index (χ2n) is 6.58. The molecule has 1 fully saturated rings. The molecule has 1 aromatic carbocycles. The van der Waals surface area contributed by atoms with Crippen LogP contribution in [-0.4, -0.2) is 32.7 Å². The smallest absolute Gasteiger partial charge is 0.224 e. The predicted octanol–water partition coefficient (Wildman–Crippen LogP) is 1.76. The van der Waals surface area contributed by atoms with Gasteiger partial charge in [0, 0.05) is 5.56 Å². The van der Waals surface area contributed by atoms with Crippen molar-refractivity contribution >= 4 is 5.91 Å². The Morgan fingerprint density at radius 2 is 2.00 bits per heavy atom. The standard InChI is InChI=1S/C20H26N2O3/c1-24-18-9-4-3-8-16(18)14-20(23)21-15-17(19-10-7-13-25-19)22-11-5-2-6-12-22/h3-4,7-10,13,17H,2,5-6,11-12,14-15H2,1H3,(H,21,23)/p+1/t17-/m1/s1. The summed E-state index contributed by atoms with van der Waals surface area (Å²) >= 11 is 0. The first-order chi connectivity index (χ1) is 12.3. The van der Waals surface area contributed by atoms with Crippen molar-refractivity contribution in [3.05, 3.63) is 54.0 Å². The Morgan fingerprint density at radius 3 is 2.72 bits per heavy atom. The topological polar surface area (TPSA) is 55.9 Å². The van der Waals surface area contributed by atoms with E-state index in [4.69, 9.17) is 9.15 Å². The number of rotatable bonds is 7. The molecular weight excluding hydrogens is 316 g/mol. The Morgan fingerprint density at radius 1 is 1.20 bits per heavy atom. The van der Waals surface area contributed by atoms with Gasteiger partial charge in [-0.2, -0.15) is 0 Å². The highest BCUT2D eigenvalue weighted by molar-refractivity contribution is 5.79. The van der Waals surface area contributed by atoms with Gasteiger partial charge in [-0.05, 0) is 37.5 Å². The van der Waals surface area contributed by atoms with Crippen LogP contribution in [0.4, 0.5) is 0 Å². The fourth-order valence-electron chi connectivity index (χ4n) is 3.59. The average molecular weight is 343 g/mol. The molecule has 134 valence electrons. The van der Waals surface area contributed by atoms with E-state index >= 15 is 0 Å². The van der Waals surface area contributed by atoms with Crippen molar-refractivity contribution < 1.29 is 18.8 Å². The van der Waals surface area contributed by atoms with Gasteiger partial charge in [0.05, 0.1) is 39.4 Å². The van der Waals surface area contributed by atoms with E-state index in [-0.39, 0.29) is 11.9 Å². The van der Waals surface area contributed by atoms with E-state index in [2.05, 4.69) is 5.32 Å². The number of nitrogens with one attached hydrogen (secondary N) is 2. The van der Waals surface area contributed by atoms with Crippen molar-refractivity contribution in [3.63, 3.8) is 0 Å². The number of hydrogen-bond donors (Lipinski definition) is 2. The molecule has 0 saturated carbocycles. The van der Waals surface area contributed by atoms with Gasteiger partial charge in [-0.25, -0.2) is 0 Å². The van der Waals surface area contributed by atoms with E-state index in [1.165, 1.54) is 24.2 Å². The van der Waals surface area contributed by atoms with Crippen molar-refractivity contribution in [1.29, 1.82) is 0 Å². The summed E-state index contributed by atoms with van der Waals surface area (Å²) in [5.74, 6) is 1.72. The normalized spacial score (nSPS) is 16.4. The molecule has 1 aliphatic rings. The van der Waals surface area contributed by atoms with Crippen LogP contribution in [0.5, 0.6) is 5.75 Å². The van der Waals surface area contributed by atoms with Crippen LogP contribution in [0.2, 0.25) is 0 Å². The van der Waals surface area contributed by atoms with Crippen LogP contribution < -0.4 is 15.0 Å². The molecule has 5 nitrogen and oxygen atoms in total. The van der Waals surface area contributed by atoms with Crippen LogP contribution in [0, 0.1) is 0 Å². The summed E-state index contributed by atoms with van der Waals surface area (Å²) in [6.45, 7) is 2.86. The number of furan rings is 1. The van der Waals surface area contributed by atoms with Crippen LogP contribution in [0.1, 0.15) is 36.6 Å². The summed E-state index contributed by atoms with van der Waals surface area (Å²) in [5.41, 5.74) is 0.905. The summed E-state index contributed by atoms with van der Waals surface area (Å²) < 4.78 is 11.0. The number of hydrogen-bond acceptors (Lipinski definition) is 3. The minimum absolute atomic E-state index is 0.0115. The van der Waals surface area contributed by atoms with E-state index in [9.17, 15) is 4.79 Å². The van der Waals surface area contributed by atoms with Gasteiger partial charge in [0.25, 0.3) is 0 Å². The summed E-state index contributed by atoms with van der Waals surface area (Å²) in [4.78, 5) is 13.9. The van der Waals surface area contributed by atoms with Crippen LogP contribution >= 0.6 is 0 Å². The van der Waals surface area contributed by atoms with Crippen molar-refractivity contribution in [3.8, 4) is 5.75 Å². The molecule has 2 heterocycles. The number of quaternary nitrogens is 1. The highest BCUT2D eigenvalue weighted by Crippen LogP contribution is 2.18. The SMILES string of the molecule is COc1ccccc1CC(=O)NC[C@H](c1ccco1)[NH+]1CCCCC1. The van der Waals surface area contributed by atoms with Gasteiger partial charge in [-0.15, -0.1) is 0 Å². The molecule has 0 spiro atoms. The molecule has 0 unspecified atom stereocenters. The predicted molar refractivity (Wildman–Crippen MR) is 95.7 cm³/mol. The number of carbonyl (C=O) groups excluding carboxylic acids is 1. The van der Waals surface area contributed by atoms with Crippen LogP contribution in [0.15, 0.2) is 47.1 Å². The molecule has 25 heavy (non-hydrogen) atoms. The fourth-order valence-corrected chi connectivity index (χ4v) is 3.59. The number of ether oxygens (including phenoxy) is 1. The monoisotopic (exact) mass is 343 g/mol. The van der Waals surface area contributed by atoms with Crippen molar-refractivity contribution in [2.45, 2.75) is 31.7 Å². The Hall–Kier alpha value is -2.27. The van der Waals surface area contributed by atoms with Gasteiger partial charge < -0.3 is 19.4 Å². The molecule has 1 aromatic heterocycles. The quantitative estimate of drug-likeness (QED) is 0.805. The molecule has 0 aliphatic carbocycles. The second kappa shape index (κ2) is 8.72. The molecular formula is C20H27N2O3+. The Kier molecular flexibility index (Phi) is 6.12. The molecule has 1 atom stereocenters. The third-order valence-electron chi connectivity index (χ3n) is 4.92. The van der Waals surface area contributed by atoms with Crippen LogP contribution in [0.3, 0.4) is 0 Å². The molecule has 0 bridgehead atoms. The van der Waals surface area contributed by atoms with Crippen molar-refractivity contribution in [2.75, 3.05) is 26.7 Å². The first-order valence-electron chi connectivity index (χ1n) is 9.04. The zero-order valence-electron chi connectivity index (χ0n) is 14.8. The fraction of sp³-hybridized carbons (Fsp3) is 0.450. The van der Waals surface area contributed by atoms with Gasteiger partial charge in [-0.3, -0.25) is 4.79 Å². The lowest BCUT2D eigenvalue weighted by molar-refractivity contribution is -0.936. The summed E-state index contributed by atoms with van der Waals surface area (Å²) in [6.07, 6.45) is 5.81. The van der Waals surface area contributed by atoms with E-state index in [1.807, 2.05) is 36.4 Å². The third-order valence-corrected chi connectivity index (χ3v) is 4.92. The molecule has 2 N–H and O–H groups in total. The molecule has 1 aliphatic heterocycles. The number of likely N-dealkylation sites (tertiary alicyclic amines) is 1. The number of amides is 1. The van der Waals surface area contributed by atoms with E-state index < -0.39 is 0 Å². The van der Waals surface area contributed by atoms with Gasteiger partial charge in [0.1, 0.15) is 5.75 Å². The van der Waals surface area contributed by atoms with Gasteiger partial charge in [0.15, 0.2) is 11.8 Å². The minimum atomic E-state index is 0.0115. The number of carbonyl (C=O) groups is 1. The summed E-state index contributed by atoms with van der Waals surface area (Å²) in [5, 5.41) is 3.09. The van der Waals surface area contributed by atoms with E-state index in [0.717, 1.165) is 30.2 Å². The van der Waals surface area contributed by atoms with Crippen LogP contribution in [-0.2, 0) is 11.2 Å². The number of methoxy groups -OCH3 is 1.